The predicted molar refractivity (Wildman–Crippen MR) is 90.8 cm³/mol. The molecule has 0 aliphatic rings. The monoisotopic (exact) mass is 316 g/mol. The van der Waals surface area contributed by atoms with Crippen LogP contribution in [0.15, 0.2) is 35.7 Å². The Bertz CT molecular complexity index is 620. The SMILES string of the molecule is CN=C(NCCCOC)NCc1ccc(-n2ccnc2C)nc1. The lowest BCUT2D eigenvalue weighted by molar-refractivity contribution is 0.195. The molecule has 0 saturated carbocycles. The van der Waals surface area contributed by atoms with Crippen LogP contribution >= 0.6 is 0 Å². The minimum atomic E-state index is 0.667. The molecular formula is C16H24N6O. The fraction of sp³-hybridized carbons (Fsp3) is 0.438. The molecule has 0 amide bonds. The van der Waals surface area contributed by atoms with Crippen molar-refractivity contribution in [1.29, 1.82) is 0 Å². The number of aromatic nitrogens is 3. The van der Waals surface area contributed by atoms with Crippen LogP contribution in [0.2, 0.25) is 0 Å². The van der Waals surface area contributed by atoms with E-state index in [0.717, 1.165) is 42.7 Å². The van der Waals surface area contributed by atoms with E-state index in [-0.39, 0.29) is 0 Å². The molecule has 2 N–H and O–H groups in total. The van der Waals surface area contributed by atoms with Crippen molar-refractivity contribution < 1.29 is 4.74 Å². The Hall–Kier alpha value is -2.41. The summed E-state index contributed by atoms with van der Waals surface area (Å²) >= 11 is 0. The van der Waals surface area contributed by atoms with Crippen LogP contribution in [-0.2, 0) is 11.3 Å². The number of nitrogens with one attached hydrogen (secondary N) is 2. The van der Waals surface area contributed by atoms with Crippen molar-refractivity contribution >= 4 is 5.96 Å². The lowest BCUT2D eigenvalue weighted by Crippen LogP contribution is -2.37. The fourth-order valence-electron chi connectivity index (χ4n) is 2.11. The molecule has 0 unspecified atom stereocenters. The van der Waals surface area contributed by atoms with E-state index in [0.29, 0.717) is 6.54 Å². The number of aryl methyl sites for hydroxylation is 1. The molecule has 7 heteroatoms. The van der Waals surface area contributed by atoms with E-state index in [9.17, 15) is 0 Å². The van der Waals surface area contributed by atoms with Gasteiger partial charge in [-0.25, -0.2) is 9.97 Å². The number of aliphatic imine (C=N–C) groups is 1. The van der Waals surface area contributed by atoms with E-state index in [1.807, 2.05) is 36.0 Å². The number of hydrogen-bond acceptors (Lipinski definition) is 4. The summed E-state index contributed by atoms with van der Waals surface area (Å²) in [6.45, 7) is 4.18. The van der Waals surface area contributed by atoms with Crippen molar-refractivity contribution in [2.45, 2.75) is 19.9 Å². The summed E-state index contributed by atoms with van der Waals surface area (Å²) in [5.41, 5.74) is 1.09. The number of guanidine groups is 1. The molecule has 0 aromatic carbocycles. The molecule has 7 nitrogen and oxygen atoms in total. The first kappa shape index (κ1) is 17.0. The van der Waals surface area contributed by atoms with Crippen LogP contribution in [0.3, 0.4) is 0 Å². The second-order valence-corrected chi connectivity index (χ2v) is 5.07. The predicted octanol–water partition coefficient (Wildman–Crippen LogP) is 1.28. The van der Waals surface area contributed by atoms with Gasteiger partial charge in [-0.3, -0.25) is 9.56 Å². The Kier molecular flexibility index (Phi) is 6.56. The molecule has 0 spiro atoms. The highest BCUT2D eigenvalue weighted by atomic mass is 16.5. The Morgan fingerprint density at radius 2 is 2.17 bits per heavy atom. The van der Waals surface area contributed by atoms with Gasteiger partial charge in [-0.15, -0.1) is 0 Å². The third kappa shape index (κ3) is 5.07. The van der Waals surface area contributed by atoms with Crippen molar-refractivity contribution in [2.24, 2.45) is 4.99 Å². The van der Waals surface area contributed by atoms with Crippen LogP contribution < -0.4 is 10.6 Å². The lowest BCUT2D eigenvalue weighted by atomic mass is 10.3. The number of methoxy groups -OCH3 is 1. The van der Waals surface area contributed by atoms with E-state index in [4.69, 9.17) is 4.74 Å². The second-order valence-electron chi connectivity index (χ2n) is 5.07. The van der Waals surface area contributed by atoms with Gasteiger partial charge in [-0.1, -0.05) is 6.07 Å². The zero-order valence-corrected chi connectivity index (χ0v) is 13.9. The smallest absolute Gasteiger partial charge is 0.191 e. The number of rotatable bonds is 7. The third-order valence-corrected chi connectivity index (χ3v) is 3.38. The van der Waals surface area contributed by atoms with Crippen molar-refractivity contribution in [3.63, 3.8) is 0 Å². The molecule has 2 aromatic rings. The Morgan fingerprint density at radius 3 is 2.78 bits per heavy atom. The van der Waals surface area contributed by atoms with E-state index in [1.54, 1.807) is 20.4 Å². The van der Waals surface area contributed by atoms with Crippen molar-refractivity contribution in [3.05, 3.63) is 42.1 Å². The topological polar surface area (TPSA) is 76.4 Å². The van der Waals surface area contributed by atoms with Gasteiger partial charge in [0.2, 0.25) is 0 Å². The summed E-state index contributed by atoms with van der Waals surface area (Å²) in [6, 6.07) is 4.04. The number of imidazole rings is 1. The van der Waals surface area contributed by atoms with Gasteiger partial charge in [-0.05, 0) is 25.0 Å². The van der Waals surface area contributed by atoms with Gasteiger partial charge in [0.15, 0.2) is 5.96 Å². The maximum atomic E-state index is 5.02. The Morgan fingerprint density at radius 1 is 1.30 bits per heavy atom. The first-order chi connectivity index (χ1) is 11.2. The van der Waals surface area contributed by atoms with Gasteiger partial charge in [0.05, 0.1) is 0 Å². The highest BCUT2D eigenvalue weighted by Gasteiger charge is 2.03. The minimum absolute atomic E-state index is 0.667. The summed E-state index contributed by atoms with van der Waals surface area (Å²) < 4.78 is 6.97. The van der Waals surface area contributed by atoms with Crippen LogP contribution in [-0.4, -0.2) is 47.8 Å². The minimum Gasteiger partial charge on any atom is -0.385 e. The fourth-order valence-corrected chi connectivity index (χ4v) is 2.11. The zero-order valence-electron chi connectivity index (χ0n) is 13.9. The molecule has 0 atom stereocenters. The van der Waals surface area contributed by atoms with Gasteiger partial charge in [0, 0.05) is 52.4 Å². The highest BCUT2D eigenvalue weighted by Crippen LogP contribution is 2.08. The molecule has 124 valence electrons. The molecule has 0 fully saturated rings. The van der Waals surface area contributed by atoms with Crippen molar-refractivity contribution in [2.75, 3.05) is 27.3 Å². The number of nitrogens with zero attached hydrogens (tertiary/aromatic N) is 4. The summed E-state index contributed by atoms with van der Waals surface area (Å²) in [5, 5.41) is 6.51. The average molecular weight is 316 g/mol. The molecule has 0 aliphatic carbocycles. The summed E-state index contributed by atoms with van der Waals surface area (Å²) in [6.07, 6.45) is 6.48. The van der Waals surface area contributed by atoms with E-state index in [1.165, 1.54) is 0 Å². The number of ether oxygens (including phenoxy) is 1. The molecule has 0 saturated heterocycles. The van der Waals surface area contributed by atoms with Crippen molar-refractivity contribution in [1.82, 2.24) is 25.2 Å². The third-order valence-electron chi connectivity index (χ3n) is 3.38. The first-order valence-corrected chi connectivity index (χ1v) is 7.63. The number of pyridine rings is 1. The van der Waals surface area contributed by atoms with E-state index in [2.05, 4.69) is 25.6 Å². The standard InChI is InChI=1S/C16H24N6O/c1-13-18-8-9-22(13)15-6-5-14(11-20-15)12-21-16(17-2)19-7-4-10-23-3/h5-6,8-9,11H,4,7,10,12H2,1-3H3,(H2,17,19,21). The maximum Gasteiger partial charge on any atom is 0.191 e. The quantitative estimate of drug-likeness (QED) is 0.457. The van der Waals surface area contributed by atoms with E-state index < -0.39 is 0 Å². The number of hydrogen-bond donors (Lipinski definition) is 2. The van der Waals surface area contributed by atoms with Crippen LogP contribution in [0.4, 0.5) is 0 Å². The van der Waals surface area contributed by atoms with Gasteiger partial charge < -0.3 is 15.4 Å². The molecule has 0 bridgehead atoms. The van der Waals surface area contributed by atoms with Gasteiger partial charge in [0.1, 0.15) is 11.6 Å². The van der Waals surface area contributed by atoms with Gasteiger partial charge in [-0.2, -0.15) is 0 Å². The van der Waals surface area contributed by atoms with Gasteiger partial charge in [0.25, 0.3) is 0 Å². The van der Waals surface area contributed by atoms with E-state index >= 15 is 0 Å². The molecule has 2 aromatic heterocycles. The largest absolute Gasteiger partial charge is 0.385 e. The van der Waals surface area contributed by atoms with Crippen molar-refractivity contribution in [3.8, 4) is 5.82 Å². The summed E-state index contributed by atoms with van der Waals surface area (Å²) in [5.74, 6) is 2.56. The van der Waals surface area contributed by atoms with Crippen LogP contribution in [0.1, 0.15) is 17.8 Å². The molecule has 23 heavy (non-hydrogen) atoms. The Labute approximate surface area is 136 Å². The van der Waals surface area contributed by atoms with Crippen LogP contribution in [0, 0.1) is 6.92 Å². The molecule has 0 aliphatic heterocycles. The molecule has 0 radical (unpaired) electrons. The Balaban J connectivity index is 1.85. The molecular weight excluding hydrogens is 292 g/mol. The molecule has 2 rings (SSSR count). The second kappa shape index (κ2) is 8.89. The van der Waals surface area contributed by atoms with Crippen LogP contribution in [0.25, 0.3) is 5.82 Å². The average Bonchev–Trinajstić information content (AvgIpc) is 3.01. The first-order valence-electron chi connectivity index (χ1n) is 7.63. The summed E-state index contributed by atoms with van der Waals surface area (Å²) in [7, 11) is 3.46. The van der Waals surface area contributed by atoms with Crippen LogP contribution in [0.5, 0.6) is 0 Å². The van der Waals surface area contributed by atoms with Gasteiger partial charge >= 0.3 is 0 Å². The normalized spacial score (nSPS) is 11.5. The summed E-state index contributed by atoms with van der Waals surface area (Å²) in [4.78, 5) is 12.9. The zero-order chi connectivity index (χ0) is 16.5. The highest BCUT2D eigenvalue weighted by molar-refractivity contribution is 5.79. The lowest BCUT2D eigenvalue weighted by Gasteiger charge is -2.12. The molecule has 2 heterocycles. The maximum absolute atomic E-state index is 5.02.